The number of ether oxygens (including phenoxy) is 2. The van der Waals surface area contributed by atoms with E-state index in [1.54, 1.807) is 18.6 Å². The van der Waals surface area contributed by atoms with E-state index in [1.807, 2.05) is 41.1 Å². The third-order valence-corrected chi connectivity index (χ3v) is 5.83. The van der Waals surface area contributed by atoms with Gasteiger partial charge in [0.2, 0.25) is 5.88 Å². The topological polar surface area (TPSA) is 77.9 Å². The van der Waals surface area contributed by atoms with Crippen molar-refractivity contribution in [3.8, 4) is 22.9 Å². The normalized spacial score (nSPS) is 11.4. The number of nitrogens with zero attached hydrogens (tertiary/aromatic N) is 4. The summed E-state index contributed by atoms with van der Waals surface area (Å²) in [7, 11) is -0.583. The largest absolute Gasteiger partial charge is 0.439 e. The van der Waals surface area contributed by atoms with Gasteiger partial charge in [0.1, 0.15) is 12.5 Å². The quantitative estimate of drug-likeness (QED) is 0.361. The number of fused-ring (bicyclic) bond motifs is 1. The van der Waals surface area contributed by atoms with E-state index in [9.17, 15) is 0 Å². The van der Waals surface area contributed by atoms with Crippen LogP contribution in [0.1, 0.15) is 0 Å². The van der Waals surface area contributed by atoms with Crippen LogP contribution < -0.4 is 4.74 Å². The van der Waals surface area contributed by atoms with Crippen molar-refractivity contribution in [3.05, 3.63) is 55.0 Å². The van der Waals surface area contributed by atoms with Crippen LogP contribution in [0, 0.1) is 0 Å². The van der Waals surface area contributed by atoms with Crippen LogP contribution in [0.3, 0.4) is 0 Å². The number of benzene rings is 1. The highest BCUT2D eigenvalue weighted by atomic mass is 28.3. The molecule has 8 heteroatoms. The molecule has 0 saturated carbocycles. The molecule has 7 nitrogen and oxygen atoms in total. The Kier molecular flexibility index (Phi) is 5.49. The molecule has 28 heavy (non-hydrogen) atoms. The van der Waals surface area contributed by atoms with Gasteiger partial charge in [-0.25, -0.2) is 9.67 Å². The summed E-state index contributed by atoms with van der Waals surface area (Å²) in [6, 6.07) is 12.7. The Balaban J connectivity index is 1.42. The summed E-state index contributed by atoms with van der Waals surface area (Å²) in [6.45, 7) is 5.89. The molecule has 3 heterocycles. The lowest BCUT2D eigenvalue weighted by atomic mass is 10.2. The van der Waals surface area contributed by atoms with Crippen LogP contribution >= 0.6 is 0 Å². The number of rotatable bonds is 8. The predicted octanol–water partition coefficient (Wildman–Crippen LogP) is 4.07. The van der Waals surface area contributed by atoms with Gasteiger partial charge in [0, 0.05) is 44.8 Å². The predicted molar refractivity (Wildman–Crippen MR) is 111 cm³/mol. The molecule has 1 aromatic carbocycles. The van der Waals surface area contributed by atoms with Gasteiger partial charge >= 0.3 is 0 Å². The molecule has 1 N–H and O–H groups in total. The summed E-state index contributed by atoms with van der Waals surface area (Å²) in [5.41, 5.74) is 2.92. The molecule has 0 spiro atoms. The Labute approximate surface area is 164 Å². The van der Waals surface area contributed by atoms with E-state index >= 15 is 0 Å². The first-order valence-electron chi connectivity index (χ1n) is 9.36. The van der Waals surface area contributed by atoms with Crippen molar-refractivity contribution in [2.75, 3.05) is 6.61 Å². The molecule has 0 fully saturated rings. The van der Waals surface area contributed by atoms with Gasteiger partial charge < -0.3 is 9.47 Å². The lowest BCUT2D eigenvalue weighted by molar-refractivity contribution is 0.0801. The molecular formula is C20H23N5O2Si. The second-order valence-corrected chi connectivity index (χ2v) is 10.4. The maximum atomic E-state index is 5.86. The Morgan fingerprint density at radius 3 is 2.86 bits per heavy atom. The number of pyridine rings is 1. The second kappa shape index (κ2) is 8.36. The van der Waals surface area contributed by atoms with Crippen molar-refractivity contribution in [3.63, 3.8) is 0 Å². The Bertz CT molecular complexity index is 1040. The standard InChI is InChI=1S/C20H23N5O2Si/c1-28(2)10-9-26-14-25-19(7-8-23-25)15-3-6-20(21-12-15)27-17-4-5-18-16(11-17)13-22-24-18/h3-8,11-13,28H,9-10,14H2,1-2H3,(H,22,24). The molecule has 0 saturated heterocycles. The van der Waals surface area contributed by atoms with Gasteiger partial charge in [-0.15, -0.1) is 0 Å². The summed E-state index contributed by atoms with van der Waals surface area (Å²) < 4.78 is 13.5. The molecule has 0 aliphatic rings. The molecule has 4 aromatic rings. The number of aromatic nitrogens is 5. The van der Waals surface area contributed by atoms with E-state index < -0.39 is 8.80 Å². The van der Waals surface area contributed by atoms with E-state index in [-0.39, 0.29) is 0 Å². The minimum atomic E-state index is -0.583. The lowest BCUT2D eigenvalue weighted by Gasteiger charge is -2.10. The summed E-state index contributed by atoms with van der Waals surface area (Å²) in [6.07, 6.45) is 5.34. The third kappa shape index (κ3) is 4.29. The van der Waals surface area contributed by atoms with Crippen LogP contribution in [0.15, 0.2) is 55.0 Å². The van der Waals surface area contributed by atoms with E-state index in [0.717, 1.165) is 34.5 Å². The molecule has 0 amide bonds. The Morgan fingerprint density at radius 2 is 2.04 bits per heavy atom. The number of hydrogen-bond donors (Lipinski definition) is 1. The average Bonchev–Trinajstić information content (AvgIpc) is 3.34. The second-order valence-electron chi connectivity index (χ2n) is 7.04. The van der Waals surface area contributed by atoms with Crippen molar-refractivity contribution < 1.29 is 9.47 Å². The summed E-state index contributed by atoms with van der Waals surface area (Å²) in [5, 5.41) is 12.3. The number of H-pyrrole nitrogens is 1. The fourth-order valence-electron chi connectivity index (χ4n) is 2.85. The highest BCUT2D eigenvalue weighted by Gasteiger charge is 2.08. The Hall–Kier alpha value is -2.97. The smallest absolute Gasteiger partial charge is 0.219 e. The van der Waals surface area contributed by atoms with Gasteiger partial charge in [-0.3, -0.25) is 5.10 Å². The zero-order chi connectivity index (χ0) is 19.3. The van der Waals surface area contributed by atoms with Crippen LogP contribution in [-0.4, -0.2) is 40.4 Å². The molecule has 0 unspecified atom stereocenters. The van der Waals surface area contributed by atoms with Gasteiger partial charge in [-0.05, 0) is 36.4 Å². The Morgan fingerprint density at radius 1 is 1.11 bits per heavy atom. The molecule has 144 valence electrons. The van der Waals surface area contributed by atoms with E-state index in [4.69, 9.17) is 9.47 Å². The van der Waals surface area contributed by atoms with Crippen molar-refractivity contribution in [2.45, 2.75) is 25.9 Å². The number of nitrogens with one attached hydrogen (secondary N) is 1. The molecular weight excluding hydrogens is 370 g/mol. The summed E-state index contributed by atoms with van der Waals surface area (Å²) >= 11 is 0. The van der Waals surface area contributed by atoms with E-state index in [0.29, 0.717) is 12.6 Å². The van der Waals surface area contributed by atoms with Crippen molar-refractivity contribution in [1.82, 2.24) is 25.0 Å². The van der Waals surface area contributed by atoms with Gasteiger partial charge in [-0.1, -0.05) is 13.1 Å². The minimum Gasteiger partial charge on any atom is -0.439 e. The van der Waals surface area contributed by atoms with Crippen LogP contribution in [0.5, 0.6) is 11.6 Å². The fourth-order valence-corrected chi connectivity index (χ4v) is 3.49. The van der Waals surface area contributed by atoms with Crippen molar-refractivity contribution >= 4 is 19.7 Å². The first-order valence-corrected chi connectivity index (χ1v) is 12.5. The number of hydrogen-bond acceptors (Lipinski definition) is 5. The molecule has 0 aliphatic carbocycles. The van der Waals surface area contributed by atoms with Gasteiger partial charge in [0.15, 0.2) is 0 Å². The van der Waals surface area contributed by atoms with Crippen LogP contribution in [0.2, 0.25) is 19.1 Å². The van der Waals surface area contributed by atoms with Gasteiger partial charge in [0.05, 0.1) is 17.4 Å². The molecule has 0 bridgehead atoms. The maximum Gasteiger partial charge on any atom is 0.219 e. The first-order chi connectivity index (χ1) is 13.7. The maximum absolute atomic E-state index is 5.86. The summed E-state index contributed by atoms with van der Waals surface area (Å²) in [4.78, 5) is 4.44. The van der Waals surface area contributed by atoms with Crippen molar-refractivity contribution in [1.29, 1.82) is 0 Å². The zero-order valence-corrected chi connectivity index (χ0v) is 17.2. The van der Waals surface area contributed by atoms with E-state index in [2.05, 4.69) is 33.4 Å². The minimum absolute atomic E-state index is 0.451. The first kappa shape index (κ1) is 18.4. The SMILES string of the molecule is C[SiH](C)CCOCn1nccc1-c1ccc(Oc2ccc3[nH]ncc3c2)nc1. The van der Waals surface area contributed by atoms with Gasteiger partial charge in [-0.2, -0.15) is 10.2 Å². The summed E-state index contributed by atoms with van der Waals surface area (Å²) in [5.74, 6) is 1.26. The van der Waals surface area contributed by atoms with Gasteiger partial charge in [0.25, 0.3) is 0 Å². The fraction of sp³-hybridized carbons (Fsp3) is 0.250. The van der Waals surface area contributed by atoms with Crippen LogP contribution in [0.25, 0.3) is 22.2 Å². The molecule has 4 rings (SSSR count). The van der Waals surface area contributed by atoms with Crippen molar-refractivity contribution in [2.24, 2.45) is 0 Å². The molecule has 0 atom stereocenters. The lowest BCUT2D eigenvalue weighted by Crippen LogP contribution is -2.10. The third-order valence-electron chi connectivity index (χ3n) is 4.44. The average molecular weight is 394 g/mol. The zero-order valence-electron chi connectivity index (χ0n) is 16.0. The van der Waals surface area contributed by atoms with E-state index in [1.165, 1.54) is 6.04 Å². The number of aromatic amines is 1. The molecule has 3 aromatic heterocycles. The highest BCUT2D eigenvalue weighted by molar-refractivity contribution is 6.55. The highest BCUT2D eigenvalue weighted by Crippen LogP contribution is 2.25. The molecule has 0 radical (unpaired) electrons. The monoisotopic (exact) mass is 393 g/mol. The molecule has 0 aliphatic heterocycles. The van der Waals surface area contributed by atoms with Crippen LogP contribution in [0.4, 0.5) is 0 Å². The van der Waals surface area contributed by atoms with Crippen LogP contribution in [-0.2, 0) is 11.5 Å².